The van der Waals surface area contributed by atoms with Crippen LogP contribution in [0.3, 0.4) is 0 Å². The van der Waals surface area contributed by atoms with E-state index < -0.39 is 12.5 Å². The number of amides is 1. The second-order valence-electron chi connectivity index (χ2n) is 4.87. The van der Waals surface area contributed by atoms with E-state index in [2.05, 4.69) is 25.6 Å². The third kappa shape index (κ3) is 3.90. The minimum atomic E-state index is -0.645. The van der Waals surface area contributed by atoms with Crippen LogP contribution >= 0.6 is 0 Å². The Balaban J connectivity index is 1.97. The van der Waals surface area contributed by atoms with Crippen LogP contribution in [0, 0.1) is 0 Å². The van der Waals surface area contributed by atoms with Crippen LogP contribution in [0.4, 0.5) is 17.6 Å². The van der Waals surface area contributed by atoms with Gasteiger partial charge in [-0.05, 0) is 12.1 Å². The zero-order valence-corrected chi connectivity index (χ0v) is 12.7. The summed E-state index contributed by atoms with van der Waals surface area (Å²) in [6.45, 7) is -0.645. The van der Waals surface area contributed by atoms with Crippen molar-refractivity contribution in [3.63, 3.8) is 0 Å². The van der Waals surface area contributed by atoms with Crippen molar-refractivity contribution in [2.24, 2.45) is 0 Å². The van der Waals surface area contributed by atoms with Gasteiger partial charge in [-0.25, -0.2) is 0 Å². The minimum absolute atomic E-state index is 0.0707. The Bertz CT molecular complexity index is 825. The lowest BCUT2D eigenvalue weighted by atomic mass is 10.2. The zero-order chi connectivity index (χ0) is 16.8. The Hall–Kier alpha value is -3.32. The molecule has 1 heterocycles. The van der Waals surface area contributed by atoms with Crippen LogP contribution in [0.5, 0.6) is 0 Å². The molecule has 1 amide bonds. The molecule has 3 aromatic rings. The van der Waals surface area contributed by atoms with Crippen molar-refractivity contribution in [3.8, 4) is 11.4 Å². The number of benzene rings is 2. The van der Waals surface area contributed by atoms with E-state index in [1.165, 1.54) is 0 Å². The molecule has 3 rings (SSSR count). The zero-order valence-electron chi connectivity index (χ0n) is 12.7. The summed E-state index contributed by atoms with van der Waals surface area (Å²) in [5.41, 5.74) is 1.60. The summed E-state index contributed by atoms with van der Waals surface area (Å²) < 4.78 is 0. The summed E-state index contributed by atoms with van der Waals surface area (Å²) in [6, 6.07) is 18.8. The number of aliphatic hydroxyl groups excluding tert-OH is 1. The molecule has 3 N–H and O–H groups in total. The Morgan fingerprint density at radius 3 is 2.17 bits per heavy atom. The molecule has 24 heavy (non-hydrogen) atoms. The number of hydrogen-bond donors (Lipinski definition) is 3. The molecule has 0 spiro atoms. The molecule has 0 aliphatic heterocycles. The molecule has 0 fully saturated rings. The van der Waals surface area contributed by atoms with Gasteiger partial charge in [0, 0.05) is 11.3 Å². The van der Waals surface area contributed by atoms with Crippen molar-refractivity contribution >= 4 is 23.5 Å². The van der Waals surface area contributed by atoms with Crippen LogP contribution in [-0.2, 0) is 4.79 Å². The van der Waals surface area contributed by atoms with Crippen LogP contribution in [0.25, 0.3) is 11.4 Å². The van der Waals surface area contributed by atoms with Crippen LogP contribution in [0.1, 0.15) is 0 Å². The van der Waals surface area contributed by atoms with Crippen LogP contribution in [0.2, 0.25) is 0 Å². The SMILES string of the molecule is O=C(CO)Nc1nc(Nc2ccccc2)nc(-c2ccccc2)n1. The smallest absolute Gasteiger partial charge is 0.252 e. The summed E-state index contributed by atoms with van der Waals surface area (Å²) in [6.07, 6.45) is 0. The van der Waals surface area contributed by atoms with E-state index in [9.17, 15) is 4.79 Å². The summed E-state index contributed by atoms with van der Waals surface area (Å²) >= 11 is 0. The molecule has 120 valence electrons. The molecule has 7 heteroatoms. The number of nitrogens with zero attached hydrogens (tertiary/aromatic N) is 3. The maximum atomic E-state index is 11.4. The number of para-hydroxylation sites is 1. The number of carbonyl (C=O) groups is 1. The predicted molar refractivity (Wildman–Crippen MR) is 90.7 cm³/mol. The first-order valence-electron chi connectivity index (χ1n) is 7.29. The number of aromatic nitrogens is 3. The van der Waals surface area contributed by atoms with Crippen LogP contribution in [-0.4, -0.2) is 32.6 Å². The molecule has 0 atom stereocenters. The number of carbonyl (C=O) groups excluding carboxylic acids is 1. The summed E-state index contributed by atoms with van der Waals surface area (Å²) in [5.74, 6) is 0.188. The molecule has 0 unspecified atom stereocenters. The molecule has 0 aliphatic carbocycles. The highest BCUT2D eigenvalue weighted by Crippen LogP contribution is 2.19. The van der Waals surface area contributed by atoms with E-state index in [0.717, 1.165) is 11.3 Å². The van der Waals surface area contributed by atoms with Crippen molar-refractivity contribution in [1.29, 1.82) is 0 Å². The van der Waals surface area contributed by atoms with Crippen molar-refractivity contribution in [3.05, 3.63) is 60.7 Å². The third-order valence-electron chi connectivity index (χ3n) is 3.09. The predicted octanol–water partition coefficient (Wildman–Crippen LogP) is 2.21. The summed E-state index contributed by atoms with van der Waals surface area (Å²) in [7, 11) is 0. The molecule has 0 bridgehead atoms. The van der Waals surface area contributed by atoms with E-state index in [4.69, 9.17) is 5.11 Å². The lowest BCUT2D eigenvalue weighted by Gasteiger charge is -2.09. The fraction of sp³-hybridized carbons (Fsp3) is 0.0588. The largest absolute Gasteiger partial charge is 0.387 e. The van der Waals surface area contributed by atoms with Gasteiger partial charge in [-0.15, -0.1) is 0 Å². The van der Waals surface area contributed by atoms with Crippen molar-refractivity contribution in [1.82, 2.24) is 15.0 Å². The van der Waals surface area contributed by atoms with Crippen molar-refractivity contribution < 1.29 is 9.90 Å². The first-order chi connectivity index (χ1) is 11.7. The molecule has 7 nitrogen and oxygen atoms in total. The normalized spacial score (nSPS) is 10.2. The molecule has 0 aliphatic rings. The van der Waals surface area contributed by atoms with E-state index in [0.29, 0.717) is 11.8 Å². The minimum Gasteiger partial charge on any atom is -0.387 e. The third-order valence-corrected chi connectivity index (χ3v) is 3.09. The van der Waals surface area contributed by atoms with E-state index in [1.54, 1.807) is 0 Å². The van der Waals surface area contributed by atoms with Crippen molar-refractivity contribution in [2.45, 2.75) is 0 Å². The number of rotatable bonds is 5. The van der Waals surface area contributed by atoms with Gasteiger partial charge in [0.15, 0.2) is 5.82 Å². The van der Waals surface area contributed by atoms with Gasteiger partial charge >= 0.3 is 0 Å². The topological polar surface area (TPSA) is 100 Å². The van der Waals surface area contributed by atoms with Crippen LogP contribution < -0.4 is 10.6 Å². The highest BCUT2D eigenvalue weighted by atomic mass is 16.3. The van der Waals surface area contributed by atoms with Gasteiger partial charge in [0.25, 0.3) is 5.91 Å². The molecular weight excluding hydrogens is 306 g/mol. The number of aliphatic hydroxyl groups is 1. The first-order valence-corrected chi connectivity index (χ1v) is 7.29. The lowest BCUT2D eigenvalue weighted by molar-refractivity contribution is -0.118. The second kappa shape index (κ2) is 7.30. The summed E-state index contributed by atoms with van der Waals surface area (Å²) in [5, 5.41) is 14.4. The molecule has 1 aromatic heterocycles. The van der Waals surface area contributed by atoms with Gasteiger partial charge < -0.3 is 10.4 Å². The average Bonchev–Trinajstić information content (AvgIpc) is 2.63. The van der Waals surface area contributed by atoms with Gasteiger partial charge in [0.1, 0.15) is 6.61 Å². The highest BCUT2D eigenvalue weighted by molar-refractivity contribution is 5.90. The quantitative estimate of drug-likeness (QED) is 0.666. The van der Waals surface area contributed by atoms with Crippen LogP contribution in [0.15, 0.2) is 60.7 Å². The van der Waals surface area contributed by atoms with Gasteiger partial charge in [0.05, 0.1) is 0 Å². The monoisotopic (exact) mass is 321 g/mol. The van der Waals surface area contributed by atoms with Gasteiger partial charge in [0.2, 0.25) is 11.9 Å². The molecule has 0 saturated carbocycles. The van der Waals surface area contributed by atoms with E-state index >= 15 is 0 Å². The number of nitrogens with one attached hydrogen (secondary N) is 2. The Morgan fingerprint density at radius 2 is 1.50 bits per heavy atom. The van der Waals surface area contributed by atoms with E-state index in [1.807, 2.05) is 60.7 Å². The standard InChI is InChI=1S/C17H15N5O2/c23-11-14(24)19-17-21-15(12-7-3-1-4-8-12)20-16(22-17)18-13-9-5-2-6-10-13/h1-10,23H,11H2,(H2,18,19,20,21,22,24). The average molecular weight is 321 g/mol. The summed E-state index contributed by atoms with van der Waals surface area (Å²) in [4.78, 5) is 24.2. The molecular formula is C17H15N5O2. The first kappa shape index (κ1) is 15.6. The Kier molecular flexibility index (Phi) is 4.73. The molecule has 0 radical (unpaired) electrons. The second-order valence-corrected chi connectivity index (χ2v) is 4.87. The fourth-order valence-corrected chi connectivity index (χ4v) is 2.02. The lowest BCUT2D eigenvalue weighted by Crippen LogP contribution is -2.18. The van der Waals surface area contributed by atoms with E-state index in [-0.39, 0.29) is 5.95 Å². The molecule has 0 saturated heterocycles. The van der Waals surface area contributed by atoms with Gasteiger partial charge in [-0.1, -0.05) is 48.5 Å². The highest BCUT2D eigenvalue weighted by Gasteiger charge is 2.10. The Labute approximate surface area is 138 Å². The fourth-order valence-electron chi connectivity index (χ4n) is 2.02. The Morgan fingerprint density at radius 1 is 0.875 bits per heavy atom. The number of anilines is 3. The maximum absolute atomic E-state index is 11.4. The maximum Gasteiger partial charge on any atom is 0.252 e. The number of hydrogen-bond acceptors (Lipinski definition) is 6. The van der Waals surface area contributed by atoms with Gasteiger partial charge in [-0.2, -0.15) is 15.0 Å². The van der Waals surface area contributed by atoms with Crippen molar-refractivity contribution in [2.75, 3.05) is 17.2 Å². The van der Waals surface area contributed by atoms with Gasteiger partial charge in [-0.3, -0.25) is 10.1 Å². The molecule has 2 aromatic carbocycles.